The van der Waals surface area contributed by atoms with Gasteiger partial charge in [0.05, 0.1) is 22.7 Å². The Morgan fingerprint density at radius 3 is 2.80 bits per heavy atom. The zero-order chi connectivity index (χ0) is 10.8. The van der Waals surface area contributed by atoms with Gasteiger partial charge < -0.3 is 4.74 Å². The van der Waals surface area contributed by atoms with Gasteiger partial charge >= 0.3 is 5.69 Å². The van der Waals surface area contributed by atoms with E-state index in [2.05, 4.69) is 0 Å². The summed E-state index contributed by atoms with van der Waals surface area (Å²) in [6.45, 7) is 0. The maximum absolute atomic E-state index is 10.7. The minimum atomic E-state index is -0.529. The zero-order valence-electron chi connectivity index (χ0n) is 7.84. The van der Waals surface area contributed by atoms with Crippen molar-refractivity contribution in [1.29, 1.82) is 5.26 Å². The SMILES string of the molecule is N#Cc1ccc(OC2CC2)c([N+](=O)[O-])c1. The zero-order valence-corrected chi connectivity index (χ0v) is 7.84. The maximum Gasteiger partial charge on any atom is 0.312 e. The van der Waals surface area contributed by atoms with Crippen LogP contribution in [0, 0.1) is 21.4 Å². The number of nitro benzene ring substituents is 1. The van der Waals surface area contributed by atoms with Crippen LogP contribution in [0.25, 0.3) is 0 Å². The van der Waals surface area contributed by atoms with Gasteiger partial charge in [0.25, 0.3) is 0 Å². The summed E-state index contributed by atoms with van der Waals surface area (Å²) in [4.78, 5) is 10.2. The number of ether oxygens (including phenoxy) is 1. The molecule has 0 unspecified atom stereocenters. The molecule has 0 heterocycles. The Kier molecular flexibility index (Phi) is 2.26. The molecule has 0 bridgehead atoms. The summed E-state index contributed by atoms with van der Waals surface area (Å²) in [7, 11) is 0. The van der Waals surface area contributed by atoms with E-state index in [1.165, 1.54) is 18.2 Å². The third kappa shape index (κ3) is 2.05. The van der Waals surface area contributed by atoms with E-state index in [1.807, 2.05) is 6.07 Å². The van der Waals surface area contributed by atoms with Crippen molar-refractivity contribution in [3.63, 3.8) is 0 Å². The van der Waals surface area contributed by atoms with Crippen molar-refractivity contribution in [3.8, 4) is 11.8 Å². The topological polar surface area (TPSA) is 76.2 Å². The second kappa shape index (κ2) is 3.58. The Bertz CT molecular complexity index is 446. The Hall–Kier alpha value is -2.09. The van der Waals surface area contributed by atoms with Crippen molar-refractivity contribution in [2.75, 3.05) is 0 Å². The standard InChI is InChI=1S/C10H8N2O3/c11-6-7-1-4-10(15-8-2-3-8)9(5-7)12(13)14/h1,4-5,8H,2-3H2. The quantitative estimate of drug-likeness (QED) is 0.557. The van der Waals surface area contributed by atoms with Gasteiger partial charge in [-0.2, -0.15) is 5.26 Å². The van der Waals surface area contributed by atoms with Gasteiger partial charge in [-0.05, 0) is 25.0 Å². The normalized spacial score (nSPS) is 14.3. The molecule has 76 valence electrons. The molecule has 1 saturated carbocycles. The van der Waals surface area contributed by atoms with Gasteiger partial charge in [0.15, 0.2) is 5.75 Å². The molecule has 1 aliphatic rings. The van der Waals surface area contributed by atoms with E-state index in [-0.39, 0.29) is 23.1 Å². The van der Waals surface area contributed by atoms with E-state index in [9.17, 15) is 10.1 Å². The lowest BCUT2D eigenvalue weighted by molar-refractivity contribution is -0.386. The highest BCUT2D eigenvalue weighted by atomic mass is 16.6. The number of benzene rings is 1. The number of hydrogen-bond acceptors (Lipinski definition) is 4. The van der Waals surface area contributed by atoms with E-state index in [0.717, 1.165) is 12.8 Å². The first-order valence-corrected chi connectivity index (χ1v) is 4.56. The van der Waals surface area contributed by atoms with Crippen molar-refractivity contribution in [2.45, 2.75) is 18.9 Å². The highest BCUT2D eigenvalue weighted by Gasteiger charge is 2.27. The van der Waals surface area contributed by atoms with Crippen LogP contribution in [0.1, 0.15) is 18.4 Å². The lowest BCUT2D eigenvalue weighted by Gasteiger charge is -2.04. The summed E-state index contributed by atoms with van der Waals surface area (Å²) in [6.07, 6.45) is 1.99. The van der Waals surface area contributed by atoms with Crippen LogP contribution in [0.5, 0.6) is 5.75 Å². The van der Waals surface area contributed by atoms with Crippen molar-refractivity contribution < 1.29 is 9.66 Å². The summed E-state index contributed by atoms with van der Waals surface area (Å²) in [5.41, 5.74) is 0.130. The highest BCUT2D eigenvalue weighted by Crippen LogP contribution is 2.33. The smallest absolute Gasteiger partial charge is 0.312 e. The summed E-state index contributed by atoms with van der Waals surface area (Å²) in [5.74, 6) is 0.251. The van der Waals surface area contributed by atoms with Crippen LogP contribution >= 0.6 is 0 Å². The van der Waals surface area contributed by atoms with Crippen molar-refractivity contribution in [3.05, 3.63) is 33.9 Å². The number of nitro groups is 1. The lowest BCUT2D eigenvalue weighted by atomic mass is 10.2. The molecule has 5 heteroatoms. The summed E-state index contributed by atoms with van der Waals surface area (Å²) < 4.78 is 5.37. The second-order valence-electron chi connectivity index (χ2n) is 3.37. The van der Waals surface area contributed by atoms with Gasteiger partial charge in [-0.1, -0.05) is 0 Å². The summed E-state index contributed by atoms with van der Waals surface area (Å²) >= 11 is 0. The van der Waals surface area contributed by atoms with Crippen molar-refractivity contribution >= 4 is 5.69 Å². The Morgan fingerprint density at radius 2 is 2.27 bits per heavy atom. The van der Waals surface area contributed by atoms with E-state index in [0.29, 0.717) is 0 Å². The average molecular weight is 204 g/mol. The molecule has 0 radical (unpaired) electrons. The van der Waals surface area contributed by atoms with Gasteiger partial charge in [0.1, 0.15) is 0 Å². The molecule has 5 nitrogen and oxygen atoms in total. The van der Waals surface area contributed by atoms with Crippen LogP contribution in [0.15, 0.2) is 18.2 Å². The molecular formula is C10H8N2O3. The van der Waals surface area contributed by atoms with Crippen LogP contribution in [0.4, 0.5) is 5.69 Å². The Labute approximate surface area is 86.0 Å². The van der Waals surface area contributed by atoms with E-state index >= 15 is 0 Å². The molecule has 0 N–H and O–H groups in total. The number of rotatable bonds is 3. The molecule has 1 aromatic rings. The Balaban J connectivity index is 2.35. The predicted molar refractivity (Wildman–Crippen MR) is 51.5 cm³/mol. The fraction of sp³-hybridized carbons (Fsp3) is 0.300. The molecule has 0 spiro atoms. The average Bonchev–Trinajstić information content (AvgIpc) is 3.02. The molecular weight excluding hydrogens is 196 g/mol. The summed E-state index contributed by atoms with van der Waals surface area (Å²) in [6, 6.07) is 6.09. The molecule has 0 aliphatic heterocycles. The number of nitriles is 1. The van der Waals surface area contributed by atoms with E-state index in [1.54, 1.807) is 0 Å². The molecule has 0 amide bonds. The third-order valence-electron chi connectivity index (χ3n) is 2.10. The fourth-order valence-electron chi connectivity index (χ4n) is 1.19. The highest BCUT2D eigenvalue weighted by molar-refractivity contribution is 5.51. The van der Waals surface area contributed by atoms with Crippen LogP contribution < -0.4 is 4.74 Å². The molecule has 1 aromatic carbocycles. The third-order valence-corrected chi connectivity index (χ3v) is 2.10. The molecule has 0 atom stereocenters. The second-order valence-corrected chi connectivity index (χ2v) is 3.37. The minimum absolute atomic E-state index is 0.108. The van der Waals surface area contributed by atoms with Crippen LogP contribution in [-0.4, -0.2) is 11.0 Å². The van der Waals surface area contributed by atoms with Gasteiger partial charge in [-0.25, -0.2) is 0 Å². The van der Waals surface area contributed by atoms with Crippen molar-refractivity contribution in [2.24, 2.45) is 0 Å². The van der Waals surface area contributed by atoms with E-state index in [4.69, 9.17) is 10.00 Å². The molecule has 15 heavy (non-hydrogen) atoms. The molecule has 1 aliphatic carbocycles. The fourth-order valence-corrected chi connectivity index (χ4v) is 1.19. The van der Waals surface area contributed by atoms with E-state index < -0.39 is 4.92 Å². The summed E-state index contributed by atoms with van der Waals surface area (Å²) in [5, 5.41) is 19.3. The largest absolute Gasteiger partial charge is 0.483 e. The lowest BCUT2D eigenvalue weighted by Crippen LogP contribution is -2.00. The van der Waals surface area contributed by atoms with Gasteiger partial charge in [-0.15, -0.1) is 0 Å². The van der Waals surface area contributed by atoms with Crippen LogP contribution in [0.2, 0.25) is 0 Å². The molecule has 0 saturated heterocycles. The predicted octanol–water partition coefficient (Wildman–Crippen LogP) is 2.01. The first-order valence-electron chi connectivity index (χ1n) is 4.56. The number of hydrogen-bond donors (Lipinski definition) is 0. The van der Waals surface area contributed by atoms with Gasteiger partial charge in [-0.3, -0.25) is 10.1 Å². The van der Waals surface area contributed by atoms with Crippen LogP contribution in [-0.2, 0) is 0 Å². The monoisotopic (exact) mass is 204 g/mol. The Morgan fingerprint density at radius 1 is 1.53 bits per heavy atom. The van der Waals surface area contributed by atoms with Gasteiger partial charge in [0, 0.05) is 6.07 Å². The molecule has 0 aromatic heterocycles. The first kappa shape index (κ1) is 9.46. The number of nitrogens with zero attached hydrogens (tertiary/aromatic N) is 2. The maximum atomic E-state index is 10.7. The minimum Gasteiger partial charge on any atom is -0.483 e. The first-order chi connectivity index (χ1) is 7.20. The van der Waals surface area contributed by atoms with Crippen LogP contribution in [0.3, 0.4) is 0 Å². The van der Waals surface area contributed by atoms with Crippen molar-refractivity contribution in [1.82, 2.24) is 0 Å². The van der Waals surface area contributed by atoms with Gasteiger partial charge in [0.2, 0.25) is 0 Å². The molecule has 1 fully saturated rings. The molecule has 2 rings (SSSR count).